The van der Waals surface area contributed by atoms with Gasteiger partial charge in [-0.15, -0.1) is 0 Å². The Morgan fingerprint density at radius 3 is 2.37 bits per heavy atom. The molecule has 0 radical (unpaired) electrons. The van der Waals surface area contributed by atoms with Crippen molar-refractivity contribution in [3.05, 3.63) is 97.2 Å². The van der Waals surface area contributed by atoms with Crippen molar-refractivity contribution >= 4 is 41.0 Å². The highest BCUT2D eigenvalue weighted by atomic mass is 31.1. The normalized spacial score (nSPS) is 11.6. The fourth-order valence-corrected chi connectivity index (χ4v) is 4.51. The second-order valence-corrected chi connectivity index (χ2v) is 7.84. The van der Waals surface area contributed by atoms with Crippen LogP contribution in [0.25, 0.3) is 33.1 Å². The van der Waals surface area contributed by atoms with Gasteiger partial charge in [0.15, 0.2) is 5.65 Å². The molecule has 0 aliphatic heterocycles. The molecular weight excluding hydrogens is 347 g/mol. The molecule has 0 spiro atoms. The first-order valence-electron chi connectivity index (χ1n) is 8.94. The minimum absolute atomic E-state index is 0.636. The third kappa shape index (κ3) is 3.20. The topological polar surface area (TPSA) is 25.8 Å². The Morgan fingerprint density at radius 2 is 1.44 bits per heavy atom. The van der Waals surface area contributed by atoms with Gasteiger partial charge >= 0.3 is 0 Å². The lowest BCUT2D eigenvalue weighted by atomic mass is 10.1. The second kappa shape index (κ2) is 6.90. The summed E-state index contributed by atoms with van der Waals surface area (Å²) in [4.78, 5) is 9.05. The Balaban J connectivity index is 1.45. The van der Waals surface area contributed by atoms with Crippen LogP contribution in [0.5, 0.6) is 0 Å². The van der Waals surface area contributed by atoms with Crippen molar-refractivity contribution in [3.63, 3.8) is 0 Å². The maximum atomic E-state index is 4.69. The number of hydrogen-bond donors (Lipinski definition) is 0. The molecule has 0 aliphatic carbocycles. The van der Waals surface area contributed by atoms with E-state index in [0.29, 0.717) is 8.58 Å². The Hall–Kier alpha value is -3.09. The first-order valence-corrected chi connectivity index (χ1v) is 9.94. The van der Waals surface area contributed by atoms with Crippen LogP contribution in [-0.4, -0.2) is 9.97 Å². The molecule has 1 atom stereocenters. The molecule has 5 rings (SSSR count). The van der Waals surface area contributed by atoms with Crippen molar-refractivity contribution < 1.29 is 0 Å². The summed E-state index contributed by atoms with van der Waals surface area (Å²) in [5, 5.41) is 6.41. The molecular formula is C24H17N2P. The number of pyridine rings is 2. The predicted molar refractivity (Wildman–Crippen MR) is 117 cm³/mol. The minimum Gasteiger partial charge on any atom is -0.237 e. The average molecular weight is 364 g/mol. The summed E-state index contributed by atoms with van der Waals surface area (Å²) in [5.74, 6) is 0. The number of fused-ring (bicyclic) bond motifs is 2. The third-order valence-corrected chi connectivity index (χ3v) is 6.04. The van der Waals surface area contributed by atoms with Crippen LogP contribution in [0.3, 0.4) is 0 Å². The predicted octanol–water partition coefficient (Wildman–Crippen LogP) is 5.08. The smallest absolute Gasteiger partial charge is 0.159 e. The zero-order chi connectivity index (χ0) is 18.1. The van der Waals surface area contributed by atoms with E-state index >= 15 is 0 Å². The van der Waals surface area contributed by atoms with Gasteiger partial charge in [0.05, 0.1) is 5.69 Å². The van der Waals surface area contributed by atoms with Crippen LogP contribution in [-0.2, 0) is 0 Å². The van der Waals surface area contributed by atoms with Crippen LogP contribution in [0.1, 0.15) is 0 Å². The summed E-state index contributed by atoms with van der Waals surface area (Å²) in [6.45, 7) is 0. The first kappa shape index (κ1) is 16.1. The molecule has 3 aromatic carbocycles. The van der Waals surface area contributed by atoms with E-state index in [1.165, 1.54) is 21.4 Å². The highest BCUT2D eigenvalue weighted by Crippen LogP contribution is 2.23. The van der Waals surface area contributed by atoms with E-state index < -0.39 is 0 Å². The number of aromatic nitrogens is 2. The molecule has 27 heavy (non-hydrogen) atoms. The van der Waals surface area contributed by atoms with Crippen LogP contribution >= 0.6 is 8.58 Å². The van der Waals surface area contributed by atoms with Crippen LogP contribution < -0.4 is 10.6 Å². The molecule has 3 heteroatoms. The molecule has 1 unspecified atom stereocenters. The van der Waals surface area contributed by atoms with Crippen LogP contribution in [0.4, 0.5) is 0 Å². The monoisotopic (exact) mass is 364 g/mol. The van der Waals surface area contributed by atoms with Gasteiger partial charge in [-0.25, -0.2) is 9.97 Å². The van der Waals surface area contributed by atoms with Gasteiger partial charge in [-0.2, -0.15) is 0 Å². The zero-order valence-corrected chi connectivity index (χ0v) is 15.6. The van der Waals surface area contributed by atoms with Crippen molar-refractivity contribution in [1.29, 1.82) is 0 Å². The maximum absolute atomic E-state index is 4.69. The van der Waals surface area contributed by atoms with E-state index in [2.05, 4.69) is 83.8 Å². The Bertz CT molecular complexity index is 1240. The van der Waals surface area contributed by atoms with Crippen molar-refractivity contribution in [2.75, 3.05) is 0 Å². The summed E-state index contributed by atoms with van der Waals surface area (Å²) in [6.07, 6.45) is 1.79. The van der Waals surface area contributed by atoms with Crippen LogP contribution in [0, 0.1) is 0 Å². The summed E-state index contributed by atoms with van der Waals surface area (Å²) in [7, 11) is 0.636. The van der Waals surface area contributed by atoms with Crippen molar-refractivity contribution in [2.45, 2.75) is 0 Å². The van der Waals surface area contributed by atoms with Gasteiger partial charge in [0, 0.05) is 17.1 Å². The molecule has 0 fully saturated rings. The fourth-order valence-electron chi connectivity index (χ4n) is 3.33. The molecule has 0 saturated heterocycles. The van der Waals surface area contributed by atoms with Crippen LogP contribution in [0.15, 0.2) is 97.2 Å². The Morgan fingerprint density at radius 1 is 0.630 bits per heavy atom. The summed E-state index contributed by atoms with van der Waals surface area (Å²) in [5.41, 5.74) is 2.87. The van der Waals surface area contributed by atoms with Gasteiger partial charge in [-0.3, -0.25) is 0 Å². The molecule has 0 saturated carbocycles. The van der Waals surface area contributed by atoms with E-state index in [4.69, 9.17) is 4.98 Å². The number of rotatable bonds is 3. The molecule has 0 aliphatic rings. The minimum atomic E-state index is 0.636. The average Bonchev–Trinajstić information content (AvgIpc) is 2.74. The number of benzene rings is 3. The maximum Gasteiger partial charge on any atom is 0.159 e. The lowest BCUT2D eigenvalue weighted by molar-refractivity contribution is 1.29. The zero-order valence-electron chi connectivity index (χ0n) is 14.6. The van der Waals surface area contributed by atoms with Gasteiger partial charge < -0.3 is 0 Å². The van der Waals surface area contributed by atoms with Crippen molar-refractivity contribution in [3.8, 4) is 11.3 Å². The SMILES string of the molecule is c1cnc2nc(-c3ccc(Pc4cccc5ccccc45)cc3)ccc2c1. The summed E-state index contributed by atoms with van der Waals surface area (Å²) in [6, 6.07) is 32.0. The standard InChI is InChI=1S/C24H17N2P/c1-2-8-21-17(5-1)6-3-9-23(21)27-20-13-10-18(11-14-20)22-15-12-19-7-4-16-25-24(19)26-22/h1-16,27H. The molecule has 2 aromatic heterocycles. The quantitative estimate of drug-likeness (QED) is 0.417. The van der Waals surface area contributed by atoms with Gasteiger partial charge in [0.2, 0.25) is 0 Å². The Labute approximate surface area is 159 Å². The molecule has 128 valence electrons. The molecule has 2 nitrogen and oxygen atoms in total. The van der Waals surface area contributed by atoms with E-state index in [-0.39, 0.29) is 0 Å². The van der Waals surface area contributed by atoms with Crippen molar-refractivity contribution in [2.24, 2.45) is 0 Å². The lowest BCUT2D eigenvalue weighted by Gasteiger charge is -2.08. The number of nitrogens with zero attached hydrogens (tertiary/aromatic N) is 2. The van der Waals surface area contributed by atoms with E-state index in [1.54, 1.807) is 6.20 Å². The largest absolute Gasteiger partial charge is 0.237 e. The number of hydrogen-bond acceptors (Lipinski definition) is 2. The van der Waals surface area contributed by atoms with E-state index in [9.17, 15) is 0 Å². The Kier molecular flexibility index (Phi) is 4.12. The molecule has 0 amide bonds. The van der Waals surface area contributed by atoms with E-state index in [1.807, 2.05) is 12.1 Å². The van der Waals surface area contributed by atoms with Gasteiger partial charge in [0.1, 0.15) is 0 Å². The van der Waals surface area contributed by atoms with Gasteiger partial charge in [-0.1, -0.05) is 75.3 Å². The highest BCUT2D eigenvalue weighted by Gasteiger charge is 2.05. The molecule has 2 heterocycles. The second-order valence-electron chi connectivity index (χ2n) is 6.48. The van der Waals surface area contributed by atoms with Gasteiger partial charge in [-0.05, 0) is 45.6 Å². The summed E-state index contributed by atoms with van der Waals surface area (Å²) >= 11 is 0. The van der Waals surface area contributed by atoms with Crippen molar-refractivity contribution in [1.82, 2.24) is 9.97 Å². The molecule has 5 aromatic rings. The highest BCUT2D eigenvalue weighted by molar-refractivity contribution is 7.56. The fraction of sp³-hybridized carbons (Fsp3) is 0. The van der Waals surface area contributed by atoms with E-state index in [0.717, 1.165) is 22.3 Å². The van der Waals surface area contributed by atoms with Crippen LogP contribution in [0.2, 0.25) is 0 Å². The first-order chi connectivity index (χ1) is 13.4. The summed E-state index contributed by atoms with van der Waals surface area (Å²) < 4.78 is 0. The molecule has 0 bridgehead atoms. The molecule has 0 N–H and O–H groups in total. The van der Waals surface area contributed by atoms with Gasteiger partial charge in [0.25, 0.3) is 0 Å². The lowest BCUT2D eigenvalue weighted by Crippen LogP contribution is -2.04. The third-order valence-electron chi connectivity index (χ3n) is 4.71.